The van der Waals surface area contributed by atoms with Crippen LogP contribution in [0.1, 0.15) is 0 Å². The van der Waals surface area contributed by atoms with Gasteiger partial charge >= 0.3 is 59.6 Å². The van der Waals surface area contributed by atoms with Crippen molar-refractivity contribution < 1.29 is 4.17 Å². The molecule has 0 unspecified atom stereocenters. The summed E-state index contributed by atoms with van der Waals surface area (Å²) in [4.78, 5) is 0. The maximum atomic E-state index is 4.92. The van der Waals surface area contributed by atoms with Crippen LogP contribution in [0.5, 0.6) is 0 Å². The zero-order valence-electron chi connectivity index (χ0n) is 3.52. The number of hydrogen-bond donors (Lipinski definition) is 0. The summed E-state index contributed by atoms with van der Waals surface area (Å²) in [5.74, 6) is 0. The van der Waals surface area contributed by atoms with E-state index in [9.17, 15) is 0 Å². The molecule has 0 saturated carbocycles. The van der Waals surface area contributed by atoms with Gasteiger partial charge in [0, 0.05) is 0 Å². The number of rotatable bonds is 2. The molecule has 0 aliphatic rings. The van der Waals surface area contributed by atoms with Crippen molar-refractivity contribution in [3.8, 4) is 0 Å². The summed E-state index contributed by atoms with van der Waals surface area (Å²) in [6.45, 7) is 0. The molecular formula is H8O2SiSn2. The maximum absolute atomic E-state index is 4.92. The quantitative estimate of drug-likeness (QED) is 0.495. The Morgan fingerprint density at radius 3 is 2.40 bits per heavy atom. The van der Waals surface area contributed by atoms with E-state index in [2.05, 4.69) is 0 Å². The van der Waals surface area contributed by atoms with Crippen molar-refractivity contribution in [3.05, 3.63) is 0 Å². The first-order chi connectivity index (χ1) is 2.41. The molecule has 0 aromatic heterocycles. The van der Waals surface area contributed by atoms with Crippen LogP contribution < -0.4 is 0 Å². The van der Waals surface area contributed by atoms with Crippen molar-refractivity contribution in [3.63, 3.8) is 0 Å². The van der Waals surface area contributed by atoms with E-state index >= 15 is 0 Å². The minimum absolute atomic E-state index is 0.473. The van der Waals surface area contributed by atoms with Crippen LogP contribution in [-0.2, 0) is 4.17 Å². The van der Waals surface area contributed by atoms with E-state index in [0.29, 0.717) is 22.9 Å². The van der Waals surface area contributed by atoms with E-state index in [1.54, 1.807) is 0 Å². The Labute approximate surface area is 59.1 Å². The first-order valence-electron chi connectivity index (χ1n) is 1.39. The van der Waals surface area contributed by atoms with Gasteiger partial charge in [-0.25, -0.2) is 0 Å². The van der Waals surface area contributed by atoms with E-state index < -0.39 is 22.0 Å². The standard InChI is InChI=1S/H3OSi.O.2Sn.5H/c1-2;;;;;;;;/h2H3;;;;;;;;/q-1;;;+1;;;;;. The van der Waals surface area contributed by atoms with Crippen molar-refractivity contribution >= 4 is 55.4 Å². The molecular weight excluding hydrogens is 298 g/mol. The Morgan fingerprint density at radius 2 is 2.40 bits per heavy atom. The van der Waals surface area contributed by atoms with Crippen molar-refractivity contribution in [1.29, 1.82) is 0 Å². The molecule has 0 aliphatic carbocycles. The van der Waals surface area contributed by atoms with E-state index in [4.69, 9.17) is 4.17 Å². The normalized spacial score (nSPS) is 12.0. The molecule has 0 rings (SSSR count). The van der Waals surface area contributed by atoms with Crippen LogP contribution in [0.2, 0.25) is 0 Å². The Balaban J connectivity index is 2.19. The third kappa shape index (κ3) is 5.73. The van der Waals surface area contributed by atoms with Gasteiger partial charge in [0.1, 0.15) is 0 Å². The Bertz CT molecular complexity index is 15.1. The van der Waals surface area contributed by atoms with Crippen LogP contribution in [0, 0.1) is 0 Å². The second-order valence-electron chi connectivity index (χ2n) is 0.695. The summed E-state index contributed by atoms with van der Waals surface area (Å²) < 4.78 is 9.79. The molecule has 0 radical (unpaired) electrons. The Hall–Kier alpha value is 1.73. The zero-order chi connectivity index (χ0) is 4.12. The molecule has 2 nitrogen and oxygen atoms in total. The molecule has 32 valence electrons. The molecule has 0 saturated heterocycles. The summed E-state index contributed by atoms with van der Waals surface area (Å²) in [6.07, 6.45) is 0. The Morgan fingerprint density at radius 1 is 1.80 bits per heavy atom. The van der Waals surface area contributed by atoms with Crippen molar-refractivity contribution in [1.82, 2.24) is 0 Å². The molecule has 0 aromatic rings. The topological polar surface area (TPSA) is 18.5 Å². The minimum atomic E-state index is -0.903. The molecule has 0 fully saturated rings. The van der Waals surface area contributed by atoms with Gasteiger partial charge in [-0.2, -0.15) is 0 Å². The molecule has 5 heavy (non-hydrogen) atoms. The third-order valence-corrected chi connectivity index (χ3v) is 7.68. The van der Waals surface area contributed by atoms with E-state index in [1.807, 2.05) is 0 Å². The molecule has 0 heterocycles. The van der Waals surface area contributed by atoms with Crippen LogP contribution in [0.15, 0.2) is 0 Å². The average molecular weight is 306 g/mol. The first-order valence-corrected chi connectivity index (χ1v) is 7.84. The van der Waals surface area contributed by atoms with Gasteiger partial charge in [-0.1, -0.05) is 0 Å². The van der Waals surface area contributed by atoms with Gasteiger partial charge in [0.05, 0.1) is 0 Å². The SMILES string of the molecule is [SiH3][O][SnH2][O][SnH3]. The predicted molar refractivity (Wildman–Crippen MR) is 30.6 cm³/mol. The molecule has 0 N–H and O–H groups in total. The van der Waals surface area contributed by atoms with E-state index in [0.717, 1.165) is 10.5 Å². The predicted octanol–water partition coefficient (Wildman–Crippen LogP) is -3.42. The molecule has 0 spiro atoms. The monoisotopic (exact) mass is 308 g/mol. The summed E-state index contributed by atoms with van der Waals surface area (Å²) in [5, 5.41) is 0. The van der Waals surface area contributed by atoms with E-state index in [-0.39, 0.29) is 0 Å². The summed E-state index contributed by atoms with van der Waals surface area (Å²) in [7, 11) is 0.901. The summed E-state index contributed by atoms with van der Waals surface area (Å²) in [6, 6.07) is 0. The number of hydrogen-bond acceptors (Lipinski definition) is 2. The second kappa shape index (κ2) is 5.73. The fourth-order valence-electron chi connectivity index (χ4n) is 0.118. The Kier molecular flexibility index (Phi) is 7.72. The van der Waals surface area contributed by atoms with Crippen LogP contribution in [0.25, 0.3) is 0 Å². The molecule has 5 heteroatoms. The summed E-state index contributed by atoms with van der Waals surface area (Å²) >= 11 is -0.430. The molecule has 0 aliphatic heterocycles. The van der Waals surface area contributed by atoms with Gasteiger partial charge in [0.15, 0.2) is 0 Å². The molecule has 0 amide bonds. The van der Waals surface area contributed by atoms with Crippen molar-refractivity contribution in [2.75, 3.05) is 0 Å². The molecule has 0 aromatic carbocycles. The van der Waals surface area contributed by atoms with Crippen LogP contribution in [-0.4, -0.2) is 55.4 Å². The van der Waals surface area contributed by atoms with Gasteiger partial charge in [-0.3, -0.25) is 0 Å². The molecule has 0 bridgehead atoms. The summed E-state index contributed by atoms with van der Waals surface area (Å²) in [5.41, 5.74) is 0. The van der Waals surface area contributed by atoms with Crippen molar-refractivity contribution in [2.45, 2.75) is 0 Å². The zero-order valence-corrected chi connectivity index (χ0v) is 15.3. The van der Waals surface area contributed by atoms with Gasteiger partial charge in [-0.15, -0.1) is 0 Å². The first kappa shape index (κ1) is 6.73. The third-order valence-electron chi connectivity index (χ3n) is 0.236. The van der Waals surface area contributed by atoms with Gasteiger partial charge < -0.3 is 0 Å². The van der Waals surface area contributed by atoms with Crippen molar-refractivity contribution in [2.24, 2.45) is 0 Å². The van der Waals surface area contributed by atoms with E-state index in [1.165, 1.54) is 0 Å². The average Bonchev–Trinajstić information content (AvgIpc) is 1.41. The van der Waals surface area contributed by atoms with Gasteiger partial charge in [-0.05, 0) is 0 Å². The van der Waals surface area contributed by atoms with Crippen LogP contribution >= 0.6 is 0 Å². The fourth-order valence-corrected chi connectivity index (χ4v) is 15.9. The van der Waals surface area contributed by atoms with Crippen LogP contribution in [0.3, 0.4) is 0 Å². The second-order valence-corrected chi connectivity index (χ2v) is 19.6. The molecule has 0 atom stereocenters. The fraction of sp³-hybridized carbons (Fsp3) is 0. The van der Waals surface area contributed by atoms with Gasteiger partial charge in [0.2, 0.25) is 0 Å². The van der Waals surface area contributed by atoms with Gasteiger partial charge in [0.25, 0.3) is 0 Å². The van der Waals surface area contributed by atoms with Crippen LogP contribution in [0.4, 0.5) is 0 Å².